The van der Waals surface area contributed by atoms with Gasteiger partial charge in [0.05, 0.1) is 10.8 Å². The van der Waals surface area contributed by atoms with Gasteiger partial charge in [0.2, 0.25) is 0 Å². The van der Waals surface area contributed by atoms with E-state index in [0.29, 0.717) is 0 Å². The molecule has 0 N–H and O–H groups in total. The molecule has 2 aliphatic rings. The maximum Gasteiger partial charge on any atom is 0.132 e. The molecule has 1 aliphatic carbocycles. The molecule has 0 fully saturated rings. The highest BCUT2D eigenvalue weighted by Gasteiger charge is 2.48. The van der Waals surface area contributed by atoms with Crippen LogP contribution in [0.3, 0.4) is 0 Å². The molecule has 0 aromatic heterocycles. The van der Waals surface area contributed by atoms with Crippen LogP contribution in [-0.2, 0) is 10.8 Å². The lowest BCUT2D eigenvalue weighted by atomic mass is 9.62. The SMILES string of the molecule is c1ccc(C2(c3ccccc3)c3ccccc3Oc3cccc(-c4ccc(C5(c6ccccc6)c6ccccc6-c6ccc7ccccc7c65)cc4)c32)cc1. The number of ether oxygens (including phenoxy) is 1. The Morgan fingerprint density at radius 2 is 0.800 bits per heavy atom. The summed E-state index contributed by atoms with van der Waals surface area (Å²) in [5, 5.41) is 2.54. The second-order valence-corrected chi connectivity index (χ2v) is 14.7. The molecule has 1 aliphatic heterocycles. The number of fused-ring (bicyclic) bond motifs is 7. The van der Waals surface area contributed by atoms with Crippen molar-refractivity contribution in [3.63, 3.8) is 0 Å². The Labute approximate surface area is 321 Å². The quantitative estimate of drug-likeness (QED) is 0.174. The molecule has 1 heterocycles. The van der Waals surface area contributed by atoms with E-state index in [1.165, 1.54) is 55.3 Å². The molecule has 11 rings (SSSR count). The van der Waals surface area contributed by atoms with E-state index < -0.39 is 10.8 Å². The predicted molar refractivity (Wildman–Crippen MR) is 225 cm³/mol. The molecule has 0 saturated heterocycles. The predicted octanol–water partition coefficient (Wildman–Crippen LogP) is 13.4. The van der Waals surface area contributed by atoms with E-state index >= 15 is 0 Å². The Morgan fingerprint density at radius 3 is 1.49 bits per heavy atom. The van der Waals surface area contributed by atoms with Crippen LogP contribution < -0.4 is 4.74 Å². The van der Waals surface area contributed by atoms with Crippen LogP contribution >= 0.6 is 0 Å². The number of rotatable bonds is 5. The van der Waals surface area contributed by atoms with E-state index in [1.807, 2.05) is 0 Å². The van der Waals surface area contributed by atoms with Crippen molar-refractivity contribution in [2.75, 3.05) is 0 Å². The Kier molecular flexibility index (Phi) is 7.06. The molecular formula is C54H36O. The van der Waals surface area contributed by atoms with Gasteiger partial charge in [-0.15, -0.1) is 0 Å². The van der Waals surface area contributed by atoms with Gasteiger partial charge in [-0.3, -0.25) is 0 Å². The minimum atomic E-state index is -0.616. The van der Waals surface area contributed by atoms with Crippen molar-refractivity contribution in [1.82, 2.24) is 0 Å². The second-order valence-electron chi connectivity index (χ2n) is 14.7. The van der Waals surface area contributed by atoms with Gasteiger partial charge in [-0.1, -0.05) is 206 Å². The summed E-state index contributed by atoms with van der Waals surface area (Å²) in [5.41, 5.74) is 13.6. The molecule has 0 saturated carbocycles. The van der Waals surface area contributed by atoms with Gasteiger partial charge in [0.25, 0.3) is 0 Å². The molecule has 9 aromatic carbocycles. The fraction of sp³-hybridized carbons (Fsp3) is 0.0370. The van der Waals surface area contributed by atoms with Gasteiger partial charge >= 0.3 is 0 Å². The lowest BCUT2D eigenvalue weighted by Crippen LogP contribution is -2.34. The van der Waals surface area contributed by atoms with Gasteiger partial charge in [0.15, 0.2) is 0 Å². The zero-order chi connectivity index (χ0) is 36.4. The highest BCUT2D eigenvalue weighted by Crippen LogP contribution is 2.60. The Balaban J connectivity index is 1.18. The van der Waals surface area contributed by atoms with E-state index in [1.54, 1.807) is 0 Å². The average molecular weight is 701 g/mol. The lowest BCUT2D eigenvalue weighted by Gasteiger charge is -2.42. The molecule has 0 amide bonds. The Bertz CT molecular complexity index is 2840. The van der Waals surface area contributed by atoms with Crippen LogP contribution in [0.1, 0.15) is 44.5 Å². The number of hydrogen-bond donors (Lipinski definition) is 0. The molecular weight excluding hydrogens is 665 g/mol. The second kappa shape index (κ2) is 12.3. The monoisotopic (exact) mass is 700 g/mol. The molecule has 9 aromatic rings. The largest absolute Gasteiger partial charge is 0.457 e. The maximum atomic E-state index is 6.84. The Hall–Kier alpha value is -6.96. The van der Waals surface area contributed by atoms with Crippen molar-refractivity contribution in [3.8, 4) is 33.8 Å². The first-order valence-electron chi connectivity index (χ1n) is 19.1. The zero-order valence-electron chi connectivity index (χ0n) is 30.2. The fourth-order valence-electron chi connectivity index (χ4n) is 9.94. The topological polar surface area (TPSA) is 9.23 Å². The van der Waals surface area contributed by atoms with E-state index in [-0.39, 0.29) is 0 Å². The third-order valence-corrected chi connectivity index (χ3v) is 12.1. The number of hydrogen-bond acceptors (Lipinski definition) is 1. The van der Waals surface area contributed by atoms with Crippen LogP contribution in [0.25, 0.3) is 33.0 Å². The minimum absolute atomic E-state index is 0.511. The average Bonchev–Trinajstić information content (AvgIpc) is 3.58. The van der Waals surface area contributed by atoms with Crippen LogP contribution in [0.4, 0.5) is 0 Å². The van der Waals surface area contributed by atoms with Crippen LogP contribution in [0, 0.1) is 0 Å². The lowest BCUT2D eigenvalue weighted by molar-refractivity contribution is 0.435. The number of benzene rings is 9. The van der Waals surface area contributed by atoms with Crippen LogP contribution in [0.2, 0.25) is 0 Å². The van der Waals surface area contributed by atoms with Gasteiger partial charge in [0.1, 0.15) is 11.5 Å². The van der Waals surface area contributed by atoms with Crippen LogP contribution in [-0.4, -0.2) is 0 Å². The van der Waals surface area contributed by atoms with Gasteiger partial charge in [0, 0.05) is 11.1 Å². The summed E-state index contributed by atoms with van der Waals surface area (Å²) in [6, 6.07) is 79.9. The molecule has 0 bridgehead atoms. The Morgan fingerprint density at radius 1 is 0.291 bits per heavy atom. The maximum absolute atomic E-state index is 6.84. The first-order chi connectivity index (χ1) is 27.3. The van der Waals surface area contributed by atoms with E-state index in [0.717, 1.165) is 33.8 Å². The summed E-state index contributed by atoms with van der Waals surface area (Å²) in [7, 11) is 0. The standard InChI is InChI=1S/C54H36O/c1-4-18-39(19-5-1)53(47-27-13-12-25-45(47)46-36-33-37-17-10-11-24-43(37)51(46)53)42-34-31-38(32-35-42)44-26-16-30-50-52(44)54(40-20-6-2-7-21-40,41-22-8-3-9-23-41)48-28-14-15-29-49(48)55-50/h1-36H. The van der Waals surface area contributed by atoms with Gasteiger partial charge in [-0.05, 0) is 78.5 Å². The van der Waals surface area contributed by atoms with Crippen molar-refractivity contribution in [2.45, 2.75) is 10.8 Å². The smallest absolute Gasteiger partial charge is 0.132 e. The summed E-state index contributed by atoms with van der Waals surface area (Å²) in [6.45, 7) is 0. The highest BCUT2D eigenvalue weighted by molar-refractivity contribution is 6.00. The molecule has 258 valence electrons. The van der Waals surface area contributed by atoms with E-state index in [9.17, 15) is 0 Å². The molecule has 1 unspecified atom stereocenters. The van der Waals surface area contributed by atoms with Crippen molar-refractivity contribution in [3.05, 3.63) is 263 Å². The zero-order valence-corrected chi connectivity index (χ0v) is 30.2. The molecule has 1 heteroatoms. The summed E-state index contributed by atoms with van der Waals surface area (Å²) in [5.74, 6) is 1.75. The van der Waals surface area contributed by atoms with Crippen molar-refractivity contribution in [2.24, 2.45) is 0 Å². The van der Waals surface area contributed by atoms with Crippen LogP contribution in [0.5, 0.6) is 11.5 Å². The highest BCUT2D eigenvalue weighted by atomic mass is 16.5. The fourth-order valence-corrected chi connectivity index (χ4v) is 9.94. The minimum Gasteiger partial charge on any atom is -0.457 e. The summed E-state index contributed by atoms with van der Waals surface area (Å²) >= 11 is 0. The van der Waals surface area contributed by atoms with E-state index in [2.05, 4.69) is 218 Å². The van der Waals surface area contributed by atoms with Crippen molar-refractivity contribution >= 4 is 10.8 Å². The molecule has 0 radical (unpaired) electrons. The summed E-state index contributed by atoms with van der Waals surface area (Å²) < 4.78 is 6.84. The van der Waals surface area contributed by atoms with Crippen molar-refractivity contribution in [1.29, 1.82) is 0 Å². The summed E-state index contributed by atoms with van der Waals surface area (Å²) in [6.07, 6.45) is 0. The number of para-hydroxylation sites is 1. The van der Waals surface area contributed by atoms with Gasteiger partial charge in [-0.2, -0.15) is 0 Å². The summed E-state index contributed by atoms with van der Waals surface area (Å²) in [4.78, 5) is 0. The molecule has 1 atom stereocenters. The molecule has 0 spiro atoms. The molecule has 55 heavy (non-hydrogen) atoms. The normalized spacial score (nSPS) is 16.0. The molecule has 1 nitrogen and oxygen atoms in total. The van der Waals surface area contributed by atoms with Gasteiger partial charge < -0.3 is 4.74 Å². The van der Waals surface area contributed by atoms with Gasteiger partial charge in [-0.25, -0.2) is 0 Å². The van der Waals surface area contributed by atoms with Crippen LogP contribution in [0.15, 0.2) is 218 Å². The van der Waals surface area contributed by atoms with Crippen molar-refractivity contribution < 1.29 is 4.74 Å². The first kappa shape index (κ1) is 31.6. The first-order valence-corrected chi connectivity index (χ1v) is 19.1. The third kappa shape index (κ3) is 4.41. The third-order valence-electron chi connectivity index (χ3n) is 12.1. The van der Waals surface area contributed by atoms with E-state index in [4.69, 9.17) is 4.74 Å².